The van der Waals surface area contributed by atoms with Crippen LogP contribution in [0.1, 0.15) is 18.9 Å². The van der Waals surface area contributed by atoms with Gasteiger partial charge in [0.25, 0.3) is 5.91 Å². The molecule has 0 fully saturated rings. The lowest BCUT2D eigenvalue weighted by atomic mass is 10.2. The van der Waals surface area contributed by atoms with Gasteiger partial charge in [0.05, 0.1) is 10.6 Å². The van der Waals surface area contributed by atoms with Crippen molar-refractivity contribution in [1.82, 2.24) is 0 Å². The lowest BCUT2D eigenvalue weighted by Crippen LogP contribution is -2.22. The Kier molecular flexibility index (Phi) is 4.34. The number of rotatable bonds is 3. The molecule has 0 bridgehead atoms. The second-order valence-corrected chi connectivity index (χ2v) is 3.83. The molecule has 0 unspecified atom stereocenters. The number of ketones is 1. The van der Waals surface area contributed by atoms with E-state index < -0.39 is 28.5 Å². The third-order valence-corrected chi connectivity index (χ3v) is 2.43. The van der Waals surface area contributed by atoms with E-state index in [1.807, 2.05) is 0 Å². The highest BCUT2D eigenvalue weighted by Crippen LogP contribution is 2.36. The third-order valence-electron chi connectivity index (χ3n) is 2.10. The minimum Gasteiger partial charge on any atom is -0.319 e. The van der Waals surface area contributed by atoms with Gasteiger partial charge in [-0.3, -0.25) is 9.59 Å². The number of hydrogen-bond donors (Lipinski definition) is 1. The predicted molar refractivity (Wildman–Crippen MR) is 60.4 cm³/mol. The molecule has 0 spiro atoms. The molecule has 0 atom stereocenters. The lowest BCUT2D eigenvalue weighted by Gasteiger charge is -2.11. The number of benzene rings is 1. The maximum Gasteiger partial charge on any atom is 0.417 e. The summed E-state index contributed by atoms with van der Waals surface area (Å²) in [6.07, 6.45) is -4.64. The fraction of sp³-hybridized carbons (Fsp3) is 0.273. The van der Waals surface area contributed by atoms with Crippen molar-refractivity contribution in [2.45, 2.75) is 19.5 Å². The minimum atomic E-state index is -4.62. The van der Waals surface area contributed by atoms with Gasteiger partial charge in [0.1, 0.15) is 0 Å². The van der Waals surface area contributed by atoms with E-state index in [1.165, 1.54) is 13.0 Å². The largest absolute Gasteiger partial charge is 0.417 e. The van der Waals surface area contributed by atoms with E-state index >= 15 is 0 Å². The Labute approximate surface area is 106 Å². The molecule has 0 aliphatic carbocycles. The second kappa shape index (κ2) is 5.39. The first kappa shape index (κ1) is 14.5. The Balaban J connectivity index is 3.00. The summed E-state index contributed by atoms with van der Waals surface area (Å²) in [5.74, 6) is -1.66. The highest BCUT2D eigenvalue weighted by atomic mass is 35.5. The molecule has 0 saturated carbocycles. The second-order valence-electron chi connectivity index (χ2n) is 3.42. The van der Waals surface area contributed by atoms with Gasteiger partial charge in [-0.1, -0.05) is 18.5 Å². The van der Waals surface area contributed by atoms with Gasteiger partial charge in [-0.25, -0.2) is 0 Å². The number of carbonyl (C=O) groups is 2. The zero-order chi connectivity index (χ0) is 13.9. The Hall–Kier alpha value is -1.56. The number of alkyl halides is 3. The van der Waals surface area contributed by atoms with E-state index in [2.05, 4.69) is 5.32 Å². The molecular formula is C11H9ClF3NO2. The third kappa shape index (κ3) is 3.46. The molecule has 0 saturated heterocycles. The Morgan fingerprint density at radius 1 is 1.33 bits per heavy atom. The summed E-state index contributed by atoms with van der Waals surface area (Å²) in [5, 5.41) is 1.62. The first-order chi connectivity index (χ1) is 8.25. The van der Waals surface area contributed by atoms with Crippen molar-refractivity contribution in [3.63, 3.8) is 0 Å². The predicted octanol–water partition coefficient (Wildman–Crippen LogP) is 3.28. The number of nitrogens with one attached hydrogen (secondary N) is 1. The molecule has 7 heteroatoms. The summed E-state index contributed by atoms with van der Waals surface area (Å²) in [4.78, 5) is 22.2. The van der Waals surface area contributed by atoms with E-state index in [0.717, 1.165) is 6.07 Å². The van der Waals surface area contributed by atoms with Crippen LogP contribution in [0.25, 0.3) is 0 Å². The molecule has 3 nitrogen and oxygen atoms in total. The summed E-state index contributed by atoms with van der Waals surface area (Å²) in [5.41, 5.74) is -1.19. The van der Waals surface area contributed by atoms with Gasteiger partial charge in [-0.2, -0.15) is 13.2 Å². The van der Waals surface area contributed by atoms with Gasteiger partial charge in [0.15, 0.2) is 0 Å². The number of carbonyl (C=O) groups excluding carboxylic acids is 2. The van der Waals surface area contributed by atoms with Crippen LogP contribution < -0.4 is 5.32 Å². The van der Waals surface area contributed by atoms with Crippen LogP contribution in [0.4, 0.5) is 18.9 Å². The first-order valence-corrected chi connectivity index (χ1v) is 5.34. The average Bonchev–Trinajstić information content (AvgIpc) is 2.29. The molecule has 1 amide bonds. The van der Waals surface area contributed by atoms with Gasteiger partial charge in [-0.05, 0) is 18.2 Å². The van der Waals surface area contributed by atoms with Crippen LogP contribution in [-0.2, 0) is 15.8 Å². The van der Waals surface area contributed by atoms with E-state index in [9.17, 15) is 22.8 Å². The molecule has 0 heterocycles. The van der Waals surface area contributed by atoms with Crippen molar-refractivity contribution in [2.75, 3.05) is 5.32 Å². The summed E-state index contributed by atoms with van der Waals surface area (Å²) in [6, 6.07) is 2.89. The van der Waals surface area contributed by atoms with Crippen molar-refractivity contribution < 1.29 is 22.8 Å². The smallest absolute Gasteiger partial charge is 0.319 e. The summed E-state index contributed by atoms with van der Waals surface area (Å²) < 4.78 is 37.6. The van der Waals surface area contributed by atoms with E-state index in [1.54, 1.807) is 0 Å². The topological polar surface area (TPSA) is 46.2 Å². The summed E-state index contributed by atoms with van der Waals surface area (Å²) in [7, 11) is 0. The molecule has 98 valence electrons. The van der Waals surface area contributed by atoms with Crippen molar-refractivity contribution in [1.29, 1.82) is 0 Å². The molecule has 0 aliphatic rings. The minimum absolute atomic E-state index is 0.0223. The molecule has 1 aromatic rings. The highest BCUT2D eigenvalue weighted by molar-refractivity contribution is 6.40. The number of amides is 1. The molecule has 0 aromatic heterocycles. The van der Waals surface area contributed by atoms with Gasteiger partial charge in [-0.15, -0.1) is 0 Å². The molecular weight excluding hydrogens is 271 g/mol. The Morgan fingerprint density at radius 2 is 1.94 bits per heavy atom. The molecule has 1 aromatic carbocycles. The first-order valence-electron chi connectivity index (χ1n) is 4.96. The molecule has 0 aliphatic heterocycles. The van der Waals surface area contributed by atoms with Crippen molar-refractivity contribution in [2.24, 2.45) is 0 Å². The monoisotopic (exact) mass is 279 g/mol. The molecule has 18 heavy (non-hydrogen) atoms. The summed E-state index contributed by atoms with van der Waals surface area (Å²) in [6.45, 7) is 1.48. The van der Waals surface area contributed by atoms with E-state index in [0.29, 0.717) is 6.07 Å². The van der Waals surface area contributed by atoms with Crippen LogP contribution in [0.15, 0.2) is 18.2 Å². The van der Waals surface area contributed by atoms with Crippen molar-refractivity contribution in [3.8, 4) is 0 Å². The maximum absolute atomic E-state index is 12.5. The zero-order valence-electron chi connectivity index (χ0n) is 9.27. The van der Waals surface area contributed by atoms with Crippen LogP contribution in [-0.4, -0.2) is 11.7 Å². The normalized spacial score (nSPS) is 11.2. The maximum atomic E-state index is 12.5. The molecule has 0 radical (unpaired) electrons. The summed E-state index contributed by atoms with van der Waals surface area (Å²) >= 11 is 5.41. The fourth-order valence-electron chi connectivity index (χ4n) is 1.18. The van der Waals surface area contributed by atoms with Gasteiger partial charge in [0.2, 0.25) is 5.78 Å². The van der Waals surface area contributed by atoms with Crippen LogP contribution in [0.3, 0.4) is 0 Å². The highest BCUT2D eigenvalue weighted by Gasteiger charge is 2.33. The van der Waals surface area contributed by atoms with E-state index in [-0.39, 0.29) is 12.1 Å². The van der Waals surface area contributed by atoms with Crippen LogP contribution in [0.5, 0.6) is 0 Å². The molecule has 1 rings (SSSR count). The lowest BCUT2D eigenvalue weighted by molar-refractivity contribution is -0.137. The van der Waals surface area contributed by atoms with Crippen LogP contribution in [0.2, 0.25) is 5.02 Å². The van der Waals surface area contributed by atoms with E-state index in [4.69, 9.17) is 11.6 Å². The average molecular weight is 280 g/mol. The van der Waals surface area contributed by atoms with Crippen LogP contribution in [0, 0.1) is 0 Å². The fourth-order valence-corrected chi connectivity index (χ4v) is 1.41. The number of Topliss-reactive ketones (excluding diaryl/α,β-unsaturated/α-hetero) is 1. The SMILES string of the molecule is CCC(=O)C(=O)Nc1ccc(Cl)c(C(F)(F)F)c1. The standard InChI is InChI=1S/C11H9ClF3NO2/c1-2-9(17)10(18)16-6-3-4-8(12)7(5-6)11(13,14)15/h3-5H,2H2,1H3,(H,16,18). The Morgan fingerprint density at radius 3 is 2.44 bits per heavy atom. The van der Waals surface area contributed by atoms with Crippen molar-refractivity contribution in [3.05, 3.63) is 28.8 Å². The van der Waals surface area contributed by atoms with Crippen LogP contribution >= 0.6 is 11.6 Å². The zero-order valence-corrected chi connectivity index (χ0v) is 10.0. The quantitative estimate of drug-likeness (QED) is 0.863. The van der Waals surface area contributed by atoms with Gasteiger partial charge < -0.3 is 5.32 Å². The number of anilines is 1. The van der Waals surface area contributed by atoms with Gasteiger partial charge >= 0.3 is 6.18 Å². The Bertz CT molecular complexity index is 486. The van der Waals surface area contributed by atoms with Crippen molar-refractivity contribution >= 4 is 29.0 Å². The number of hydrogen-bond acceptors (Lipinski definition) is 2. The van der Waals surface area contributed by atoms with Gasteiger partial charge in [0, 0.05) is 12.1 Å². The molecule has 1 N–H and O–H groups in total. The number of halogens is 4.